The van der Waals surface area contributed by atoms with Crippen LogP contribution in [0, 0.1) is 11.3 Å². The molecule has 0 unspecified atom stereocenters. The van der Waals surface area contributed by atoms with Crippen molar-refractivity contribution in [3.05, 3.63) is 29.6 Å². The molecule has 0 atom stereocenters. The second-order valence-corrected chi connectivity index (χ2v) is 1.87. The predicted molar refractivity (Wildman–Crippen MR) is 36.8 cm³/mol. The molecule has 0 bridgehead atoms. The summed E-state index contributed by atoms with van der Waals surface area (Å²) in [4.78, 5) is 3.83. The molecular weight excluding hydrogens is 126 g/mol. The Morgan fingerprint density at radius 3 is 2.80 bits per heavy atom. The van der Waals surface area contributed by atoms with Crippen molar-refractivity contribution in [1.29, 1.82) is 5.26 Å². The molecular formula is C7H7N3. The summed E-state index contributed by atoms with van der Waals surface area (Å²) < 4.78 is 0. The van der Waals surface area contributed by atoms with Gasteiger partial charge in [0.15, 0.2) is 0 Å². The van der Waals surface area contributed by atoms with E-state index in [4.69, 9.17) is 11.0 Å². The van der Waals surface area contributed by atoms with Crippen LogP contribution in [0.15, 0.2) is 18.3 Å². The first-order chi connectivity index (χ1) is 4.86. The lowest BCUT2D eigenvalue weighted by molar-refractivity contribution is 1.04. The molecule has 3 heteroatoms. The van der Waals surface area contributed by atoms with Gasteiger partial charge in [-0.25, -0.2) is 4.98 Å². The van der Waals surface area contributed by atoms with E-state index in [0.717, 1.165) is 5.56 Å². The molecule has 0 amide bonds. The average Bonchev–Trinajstić information content (AvgIpc) is 2.05. The Hall–Kier alpha value is -1.40. The normalized spacial score (nSPS) is 8.80. The molecule has 0 aliphatic carbocycles. The van der Waals surface area contributed by atoms with Gasteiger partial charge in [-0.05, 0) is 11.6 Å². The van der Waals surface area contributed by atoms with Crippen molar-refractivity contribution in [3.8, 4) is 6.07 Å². The van der Waals surface area contributed by atoms with Crippen LogP contribution in [0.2, 0.25) is 0 Å². The molecule has 0 spiro atoms. The molecule has 0 fully saturated rings. The quantitative estimate of drug-likeness (QED) is 0.603. The fourth-order valence-electron chi connectivity index (χ4n) is 0.611. The minimum absolute atomic E-state index is 0.428. The Morgan fingerprint density at radius 1 is 1.60 bits per heavy atom. The number of pyridine rings is 1. The van der Waals surface area contributed by atoms with Crippen molar-refractivity contribution in [2.45, 2.75) is 6.54 Å². The molecule has 0 saturated carbocycles. The molecule has 50 valence electrons. The van der Waals surface area contributed by atoms with E-state index in [1.165, 1.54) is 0 Å². The van der Waals surface area contributed by atoms with Crippen LogP contribution in [-0.4, -0.2) is 4.98 Å². The Balaban J connectivity index is 2.93. The number of nitriles is 1. The molecule has 1 aromatic heterocycles. The summed E-state index contributed by atoms with van der Waals surface area (Å²) in [6.07, 6.45) is 1.61. The Bertz CT molecular complexity index is 245. The number of aromatic nitrogens is 1. The van der Waals surface area contributed by atoms with Gasteiger partial charge < -0.3 is 5.73 Å². The maximum Gasteiger partial charge on any atom is 0.140 e. The molecule has 3 nitrogen and oxygen atoms in total. The van der Waals surface area contributed by atoms with E-state index in [1.54, 1.807) is 18.3 Å². The third kappa shape index (κ3) is 1.30. The molecule has 0 radical (unpaired) electrons. The molecule has 0 aromatic carbocycles. The van der Waals surface area contributed by atoms with Crippen LogP contribution in [0.5, 0.6) is 0 Å². The number of hydrogen-bond donors (Lipinski definition) is 1. The second-order valence-electron chi connectivity index (χ2n) is 1.87. The topological polar surface area (TPSA) is 62.7 Å². The van der Waals surface area contributed by atoms with Gasteiger partial charge in [0.1, 0.15) is 11.8 Å². The standard InChI is InChI=1S/C7H7N3/c8-3-6-1-2-7(4-9)10-5-6/h1-2,5H,3,8H2. The highest BCUT2D eigenvalue weighted by atomic mass is 14.7. The van der Waals surface area contributed by atoms with Crippen molar-refractivity contribution in [3.63, 3.8) is 0 Å². The number of nitrogens with zero attached hydrogens (tertiary/aromatic N) is 2. The maximum absolute atomic E-state index is 8.36. The Morgan fingerprint density at radius 2 is 2.40 bits per heavy atom. The van der Waals surface area contributed by atoms with E-state index in [9.17, 15) is 0 Å². The first-order valence-corrected chi connectivity index (χ1v) is 2.92. The first kappa shape index (κ1) is 6.72. The van der Waals surface area contributed by atoms with Crippen LogP contribution in [0.1, 0.15) is 11.3 Å². The van der Waals surface area contributed by atoms with E-state index in [0.29, 0.717) is 12.2 Å². The number of hydrogen-bond acceptors (Lipinski definition) is 3. The van der Waals surface area contributed by atoms with Gasteiger partial charge in [-0.2, -0.15) is 5.26 Å². The molecule has 2 N–H and O–H groups in total. The summed E-state index contributed by atoms with van der Waals surface area (Å²) in [6, 6.07) is 5.38. The zero-order chi connectivity index (χ0) is 7.40. The minimum Gasteiger partial charge on any atom is -0.326 e. The van der Waals surface area contributed by atoms with E-state index in [2.05, 4.69) is 4.98 Å². The number of nitrogens with two attached hydrogens (primary N) is 1. The van der Waals surface area contributed by atoms with Gasteiger partial charge in [-0.1, -0.05) is 6.07 Å². The highest BCUT2D eigenvalue weighted by Gasteiger charge is 1.90. The van der Waals surface area contributed by atoms with Crippen molar-refractivity contribution >= 4 is 0 Å². The van der Waals surface area contributed by atoms with Gasteiger partial charge in [0.2, 0.25) is 0 Å². The minimum atomic E-state index is 0.428. The molecule has 1 rings (SSSR count). The van der Waals surface area contributed by atoms with Gasteiger partial charge in [0.05, 0.1) is 0 Å². The van der Waals surface area contributed by atoms with E-state index < -0.39 is 0 Å². The molecule has 0 saturated heterocycles. The second kappa shape index (κ2) is 2.95. The third-order valence-corrected chi connectivity index (χ3v) is 1.17. The van der Waals surface area contributed by atoms with Crippen molar-refractivity contribution in [2.75, 3.05) is 0 Å². The summed E-state index contributed by atoms with van der Waals surface area (Å²) in [6.45, 7) is 0.471. The summed E-state index contributed by atoms with van der Waals surface area (Å²) in [5, 5.41) is 8.36. The Kier molecular flexibility index (Phi) is 1.98. The van der Waals surface area contributed by atoms with Crippen LogP contribution in [0.4, 0.5) is 0 Å². The third-order valence-electron chi connectivity index (χ3n) is 1.17. The van der Waals surface area contributed by atoms with Gasteiger partial charge >= 0.3 is 0 Å². The average molecular weight is 133 g/mol. The van der Waals surface area contributed by atoms with E-state index in [1.807, 2.05) is 6.07 Å². The molecule has 1 aromatic rings. The molecule has 10 heavy (non-hydrogen) atoms. The van der Waals surface area contributed by atoms with Gasteiger partial charge in [-0.15, -0.1) is 0 Å². The highest BCUT2D eigenvalue weighted by Crippen LogP contribution is 1.96. The van der Waals surface area contributed by atoms with Gasteiger partial charge in [0.25, 0.3) is 0 Å². The maximum atomic E-state index is 8.36. The predicted octanol–water partition coefficient (Wildman–Crippen LogP) is 0.412. The first-order valence-electron chi connectivity index (χ1n) is 2.92. The Labute approximate surface area is 59.1 Å². The molecule has 1 heterocycles. The van der Waals surface area contributed by atoms with Crippen LogP contribution < -0.4 is 5.73 Å². The summed E-state index contributed by atoms with van der Waals surface area (Å²) in [5.74, 6) is 0. The zero-order valence-corrected chi connectivity index (χ0v) is 5.41. The lowest BCUT2D eigenvalue weighted by Crippen LogP contribution is -1.96. The van der Waals surface area contributed by atoms with Crippen LogP contribution in [0.25, 0.3) is 0 Å². The van der Waals surface area contributed by atoms with Gasteiger partial charge in [-0.3, -0.25) is 0 Å². The smallest absolute Gasteiger partial charge is 0.140 e. The van der Waals surface area contributed by atoms with E-state index in [-0.39, 0.29) is 0 Å². The van der Waals surface area contributed by atoms with Crippen LogP contribution in [0.3, 0.4) is 0 Å². The van der Waals surface area contributed by atoms with E-state index >= 15 is 0 Å². The van der Waals surface area contributed by atoms with Gasteiger partial charge in [0, 0.05) is 12.7 Å². The van der Waals surface area contributed by atoms with Crippen molar-refractivity contribution < 1.29 is 0 Å². The zero-order valence-electron chi connectivity index (χ0n) is 5.41. The van der Waals surface area contributed by atoms with Crippen LogP contribution in [-0.2, 0) is 6.54 Å². The summed E-state index contributed by atoms with van der Waals surface area (Å²) >= 11 is 0. The summed E-state index contributed by atoms with van der Waals surface area (Å²) in [7, 11) is 0. The monoisotopic (exact) mass is 133 g/mol. The largest absolute Gasteiger partial charge is 0.326 e. The highest BCUT2D eigenvalue weighted by molar-refractivity contribution is 5.22. The molecule has 0 aliphatic heterocycles. The number of rotatable bonds is 1. The van der Waals surface area contributed by atoms with Crippen molar-refractivity contribution in [2.24, 2.45) is 5.73 Å². The molecule has 0 aliphatic rings. The van der Waals surface area contributed by atoms with Crippen molar-refractivity contribution in [1.82, 2.24) is 4.98 Å². The lowest BCUT2D eigenvalue weighted by Gasteiger charge is -1.92. The van der Waals surface area contributed by atoms with Crippen LogP contribution >= 0.6 is 0 Å². The summed E-state index contributed by atoms with van der Waals surface area (Å²) in [5.41, 5.74) is 6.69. The lowest BCUT2D eigenvalue weighted by atomic mass is 10.2. The fourth-order valence-corrected chi connectivity index (χ4v) is 0.611. The fraction of sp³-hybridized carbons (Fsp3) is 0.143. The SMILES string of the molecule is N#Cc1ccc(CN)cn1.